The first kappa shape index (κ1) is 12.7. The lowest BCUT2D eigenvalue weighted by atomic mass is 10.2. The van der Waals surface area contributed by atoms with Gasteiger partial charge in [0.15, 0.2) is 5.76 Å². The van der Waals surface area contributed by atoms with E-state index in [0.29, 0.717) is 25.6 Å². The number of nitrogens with one attached hydrogen (secondary N) is 2. The predicted octanol–water partition coefficient (Wildman–Crippen LogP) is 0.845. The Labute approximate surface area is 95.6 Å². The maximum atomic E-state index is 11.3. The second kappa shape index (κ2) is 6.27. The third kappa shape index (κ3) is 4.93. The summed E-state index contributed by atoms with van der Waals surface area (Å²) in [4.78, 5) is 11.3. The quantitative estimate of drug-likeness (QED) is 0.753. The molecule has 0 aliphatic heterocycles. The molecule has 90 valence electrons. The normalized spacial score (nSPS) is 10.8. The van der Waals surface area contributed by atoms with E-state index in [1.54, 1.807) is 0 Å². The lowest BCUT2D eigenvalue weighted by Gasteiger charge is -2.07. The number of carbonyl (C=O) groups excluding carboxylic acids is 1. The lowest BCUT2D eigenvalue weighted by Crippen LogP contribution is -2.35. The van der Waals surface area contributed by atoms with Crippen molar-refractivity contribution in [2.45, 2.75) is 27.3 Å². The van der Waals surface area contributed by atoms with E-state index in [9.17, 15) is 4.79 Å². The van der Waals surface area contributed by atoms with Crippen LogP contribution in [0.2, 0.25) is 0 Å². The maximum Gasteiger partial charge on any atom is 0.233 e. The van der Waals surface area contributed by atoms with E-state index >= 15 is 0 Å². The molecule has 0 atom stereocenters. The number of aromatic nitrogens is 1. The minimum absolute atomic E-state index is 0.00457. The van der Waals surface area contributed by atoms with Crippen LogP contribution in [0.3, 0.4) is 0 Å². The van der Waals surface area contributed by atoms with Gasteiger partial charge in [0.05, 0.1) is 18.8 Å². The topological polar surface area (TPSA) is 67.2 Å². The van der Waals surface area contributed by atoms with Crippen LogP contribution in [-0.2, 0) is 11.3 Å². The van der Waals surface area contributed by atoms with Crippen LogP contribution < -0.4 is 10.6 Å². The van der Waals surface area contributed by atoms with Gasteiger partial charge in [0.25, 0.3) is 0 Å². The Morgan fingerprint density at radius 3 is 2.88 bits per heavy atom. The maximum absolute atomic E-state index is 11.3. The summed E-state index contributed by atoms with van der Waals surface area (Å²) >= 11 is 0. The number of hydrogen-bond acceptors (Lipinski definition) is 4. The van der Waals surface area contributed by atoms with Crippen LogP contribution in [0.25, 0.3) is 0 Å². The lowest BCUT2D eigenvalue weighted by molar-refractivity contribution is -0.120. The van der Waals surface area contributed by atoms with Gasteiger partial charge in [-0.15, -0.1) is 0 Å². The molecule has 2 N–H and O–H groups in total. The smallest absolute Gasteiger partial charge is 0.233 e. The molecule has 0 bridgehead atoms. The first-order chi connectivity index (χ1) is 7.58. The van der Waals surface area contributed by atoms with E-state index < -0.39 is 0 Å². The van der Waals surface area contributed by atoms with E-state index in [1.165, 1.54) is 0 Å². The highest BCUT2D eigenvalue weighted by atomic mass is 16.5. The van der Waals surface area contributed by atoms with E-state index in [4.69, 9.17) is 4.52 Å². The van der Waals surface area contributed by atoms with E-state index in [-0.39, 0.29) is 5.91 Å². The third-order valence-corrected chi connectivity index (χ3v) is 1.97. The molecule has 0 saturated heterocycles. The van der Waals surface area contributed by atoms with Crippen molar-refractivity contribution in [3.8, 4) is 0 Å². The molecule has 0 saturated carbocycles. The van der Waals surface area contributed by atoms with Crippen molar-refractivity contribution in [3.05, 3.63) is 17.5 Å². The number of carbonyl (C=O) groups is 1. The second-order valence-corrected chi connectivity index (χ2v) is 4.24. The summed E-state index contributed by atoms with van der Waals surface area (Å²) in [6.07, 6.45) is 0. The van der Waals surface area contributed by atoms with E-state index in [1.807, 2.05) is 13.0 Å². The molecule has 0 radical (unpaired) electrons. The summed E-state index contributed by atoms with van der Waals surface area (Å²) in [5.74, 6) is 1.22. The van der Waals surface area contributed by atoms with Crippen molar-refractivity contribution in [3.63, 3.8) is 0 Å². The van der Waals surface area contributed by atoms with Crippen LogP contribution in [0.5, 0.6) is 0 Å². The van der Waals surface area contributed by atoms with Gasteiger partial charge >= 0.3 is 0 Å². The van der Waals surface area contributed by atoms with Crippen LogP contribution in [0.15, 0.2) is 10.6 Å². The molecule has 1 amide bonds. The van der Waals surface area contributed by atoms with Crippen LogP contribution in [0.4, 0.5) is 0 Å². The Balaban J connectivity index is 2.13. The van der Waals surface area contributed by atoms with E-state index in [0.717, 1.165) is 11.5 Å². The molecule has 0 unspecified atom stereocenters. The molecular formula is C11H19N3O2. The minimum atomic E-state index is 0.00457. The summed E-state index contributed by atoms with van der Waals surface area (Å²) in [5, 5.41) is 9.58. The van der Waals surface area contributed by atoms with E-state index in [2.05, 4.69) is 29.6 Å². The summed E-state index contributed by atoms with van der Waals surface area (Å²) < 4.78 is 5.00. The Kier molecular flexibility index (Phi) is 4.98. The monoisotopic (exact) mass is 225 g/mol. The summed E-state index contributed by atoms with van der Waals surface area (Å²) in [5.41, 5.74) is 0.848. The highest BCUT2D eigenvalue weighted by Gasteiger charge is 2.03. The summed E-state index contributed by atoms with van der Waals surface area (Å²) in [6.45, 7) is 7.52. The van der Waals surface area contributed by atoms with Crippen molar-refractivity contribution in [1.29, 1.82) is 0 Å². The third-order valence-electron chi connectivity index (χ3n) is 1.97. The minimum Gasteiger partial charge on any atom is -0.360 e. The van der Waals surface area contributed by atoms with Gasteiger partial charge in [0.2, 0.25) is 5.91 Å². The summed E-state index contributed by atoms with van der Waals surface area (Å²) in [7, 11) is 0. The zero-order valence-corrected chi connectivity index (χ0v) is 10.0. The predicted molar refractivity (Wildman–Crippen MR) is 60.8 cm³/mol. The molecule has 1 heterocycles. The van der Waals surface area contributed by atoms with Gasteiger partial charge in [0.1, 0.15) is 0 Å². The SMILES string of the molecule is Cc1cc(CNCC(=O)NCC(C)C)on1. The standard InChI is InChI=1S/C11H19N3O2/c1-8(2)5-13-11(15)7-12-6-10-4-9(3)14-16-10/h4,8,12H,5-7H2,1-3H3,(H,13,15). The Morgan fingerprint density at radius 1 is 1.56 bits per heavy atom. The molecule has 0 fully saturated rings. The van der Waals surface area contributed by atoms with Gasteiger partial charge in [-0.1, -0.05) is 19.0 Å². The molecular weight excluding hydrogens is 206 g/mol. The highest BCUT2D eigenvalue weighted by molar-refractivity contribution is 5.77. The van der Waals surface area contributed by atoms with Crippen molar-refractivity contribution >= 4 is 5.91 Å². The molecule has 16 heavy (non-hydrogen) atoms. The van der Waals surface area contributed by atoms with Crippen molar-refractivity contribution in [2.24, 2.45) is 5.92 Å². The molecule has 0 aromatic carbocycles. The van der Waals surface area contributed by atoms with Gasteiger partial charge in [-0.3, -0.25) is 4.79 Å². The highest BCUT2D eigenvalue weighted by Crippen LogP contribution is 2.00. The molecule has 0 aliphatic rings. The van der Waals surface area contributed by atoms with Gasteiger partial charge in [-0.05, 0) is 12.8 Å². The van der Waals surface area contributed by atoms with Crippen LogP contribution in [-0.4, -0.2) is 24.2 Å². The van der Waals surface area contributed by atoms with Crippen LogP contribution in [0.1, 0.15) is 25.3 Å². The number of hydrogen-bond donors (Lipinski definition) is 2. The van der Waals surface area contributed by atoms with Crippen molar-refractivity contribution in [1.82, 2.24) is 15.8 Å². The van der Waals surface area contributed by atoms with Gasteiger partial charge in [-0.2, -0.15) is 0 Å². The fourth-order valence-electron chi connectivity index (χ4n) is 1.18. The Hall–Kier alpha value is -1.36. The zero-order valence-electron chi connectivity index (χ0n) is 10.0. The molecule has 5 nitrogen and oxygen atoms in total. The first-order valence-electron chi connectivity index (χ1n) is 5.47. The zero-order chi connectivity index (χ0) is 12.0. The number of amides is 1. The Morgan fingerprint density at radius 2 is 2.31 bits per heavy atom. The molecule has 1 aromatic rings. The van der Waals surface area contributed by atoms with Gasteiger partial charge in [-0.25, -0.2) is 0 Å². The molecule has 0 aliphatic carbocycles. The summed E-state index contributed by atoms with van der Waals surface area (Å²) in [6, 6.07) is 1.85. The molecule has 1 aromatic heterocycles. The van der Waals surface area contributed by atoms with Crippen molar-refractivity contribution in [2.75, 3.05) is 13.1 Å². The van der Waals surface area contributed by atoms with Gasteiger partial charge in [0, 0.05) is 12.6 Å². The average Bonchev–Trinajstić information content (AvgIpc) is 2.61. The number of nitrogens with zero attached hydrogens (tertiary/aromatic N) is 1. The fourth-order valence-corrected chi connectivity index (χ4v) is 1.18. The largest absolute Gasteiger partial charge is 0.360 e. The number of aryl methyl sites for hydroxylation is 1. The molecule has 0 spiro atoms. The first-order valence-corrected chi connectivity index (χ1v) is 5.47. The van der Waals surface area contributed by atoms with Crippen LogP contribution in [0, 0.1) is 12.8 Å². The van der Waals surface area contributed by atoms with Crippen LogP contribution >= 0.6 is 0 Å². The fraction of sp³-hybridized carbons (Fsp3) is 0.636. The number of rotatable bonds is 6. The molecule has 5 heteroatoms. The molecule has 1 rings (SSSR count). The Bertz CT molecular complexity index is 334. The average molecular weight is 225 g/mol. The van der Waals surface area contributed by atoms with Crippen molar-refractivity contribution < 1.29 is 9.32 Å². The van der Waals surface area contributed by atoms with Gasteiger partial charge < -0.3 is 15.2 Å². The second-order valence-electron chi connectivity index (χ2n) is 4.24.